The van der Waals surface area contributed by atoms with Crippen LogP contribution in [0.2, 0.25) is 0 Å². The number of carbonyl (C=O) groups excluding carboxylic acids is 2. The Kier molecular flexibility index (Phi) is 6.87. The fraction of sp³-hybridized carbons (Fsp3) is 0.222. The van der Waals surface area contributed by atoms with E-state index in [9.17, 15) is 18.0 Å². The number of rotatable bonds is 8. The van der Waals surface area contributed by atoms with Crippen LogP contribution in [-0.4, -0.2) is 34.6 Å². The lowest BCUT2D eigenvalue weighted by atomic mass is 9.84. The minimum atomic E-state index is -3.85. The quantitative estimate of drug-likeness (QED) is 0.305. The van der Waals surface area contributed by atoms with E-state index in [0.29, 0.717) is 0 Å². The molecule has 0 radical (unpaired) electrons. The zero-order valence-electron chi connectivity index (χ0n) is 14.1. The molecule has 0 spiro atoms. The molecular formula is C18H20O6S. The monoisotopic (exact) mass is 364 g/mol. The Balaban J connectivity index is 3.32. The third kappa shape index (κ3) is 4.24. The molecule has 1 aromatic carbocycles. The van der Waals surface area contributed by atoms with Crippen LogP contribution in [0.4, 0.5) is 0 Å². The average Bonchev–Trinajstić information content (AvgIpc) is 2.64. The largest absolute Gasteiger partial charge is 0.468 e. The maximum absolute atomic E-state index is 12.5. The van der Waals surface area contributed by atoms with Gasteiger partial charge in [0.15, 0.2) is 5.41 Å². The van der Waals surface area contributed by atoms with Crippen LogP contribution in [0.5, 0.6) is 0 Å². The second kappa shape index (κ2) is 8.43. The first kappa shape index (κ1) is 20.4. The molecule has 0 N–H and O–H groups in total. The lowest BCUT2D eigenvalue weighted by Crippen LogP contribution is -2.39. The number of carbonyl (C=O) groups is 2. The van der Waals surface area contributed by atoms with Gasteiger partial charge in [-0.3, -0.25) is 9.59 Å². The van der Waals surface area contributed by atoms with Crippen molar-refractivity contribution in [2.75, 3.05) is 14.2 Å². The van der Waals surface area contributed by atoms with Gasteiger partial charge >= 0.3 is 11.9 Å². The molecule has 0 saturated carbocycles. The molecule has 0 bridgehead atoms. The van der Waals surface area contributed by atoms with Crippen LogP contribution >= 0.6 is 0 Å². The molecule has 1 rings (SSSR count). The van der Waals surface area contributed by atoms with Crippen molar-refractivity contribution in [2.45, 2.75) is 11.3 Å². The van der Waals surface area contributed by atoms with Gasteiger partial charge in [-0.2, -0.15) is 0 Å². The summed E-state index contributed by atoms with van der Waals surface area (Å²) in [7, 11) is -1.62. The van der Waals surface area contributed by atoms with Crippen molar-refractivity contribution in [1.82, 2.24) is 0 Å². The maximum Gasteiger partial charge on any atom is 0.327 e. The number of sulfone groups is 1. The van der Waals surface area contributed by atoms with E-state index in [1.807, 2.05) is 0 Å². The van der Waals surface area contributed by atoms with E-state index in [4.69, 9.17) is 0 Å². The number of hydrogen-bond acceptors (Lipinski definition) is 6. The first-order valence-electron chi connectivity index (χ1n) is 7.22. The third-order valence-electron chi connectivity index (χ3n) is 3.52. The highest BCUT2D eigenvalue weighted by Crippen LogP contribution is 2.30. The van der Waals surface area contributed by atoms with Gasteiger partial charge in [0, 0.05) is 0 Å². The number of ether oxygens (including phenoxy) is 2. The summed E-state index contributed by atoms with van der Waals surface area (Å²) in [6, 6.07) is 7.68. The number of benzene rings is 1. The molecule has 0 aliphatic carbocycles. The molecule has 25 heavy (non-hydrogen) atoms. The molecule has 0 heterocycles. The Hall–Kier alpha value is -2.67. The highest BCUT2D eigenvalue weighted by Gasteiger charge is 2.45. The summed E-state index contributed by atoms with van der Waals surface area (Å²) in [5.41, 5.74) is -1.83. The second-order valence-corrected chi connectivity index (χ2v) is 7.07. The molecule has 0 aliphatic rings. The Bertz CT molecular complexity index is 774. The Labute approximate surface area is 147 Å². The van der Waals surface area contributed by atoms with E-state index in [1.54, 1.807) is 18.2 Å². The van der Waals surface area contributed by atoms with Crippen molar-refractivity contribution in [2.24, 2.45) is 5.41 Å². The molecule has 1 aromatic rings. The van der Waals surface area contributed by atoms with E-state index in [2.05, 4.69) is 22.6 Å². The predicted molar refractivity (Wildman–Crippen MR) is 93.2 cm³/mol. The van der Waals surface area contributed by atoms with Crippen molar-refractivity contribution in [3.63, 3.8) is 0 Å². The fourth-order valence-corrected chi connectivity index (χ4v) is 3.19. The standard InChI is InChI=1S/C18H20O6S/c1-5-12-18(16(19)23-3,17(20)24-4)13-11-14(2)25(21,22)15-9-7-6-8-10-15/h5-11,13H,1-2,12H2,3-4H3/b13-11+. The summed E-state index contributed by atoms with van der Waals surface area (Å²) in [5, 5.41) is 0. The van der Waals surface area contributed by atoms with E-state index in [1.165, 1.54) is 18.2 Å². The number of methoxy groups -OCH3 is 2. The van der Waals surface area contributed by atoms with Crippen molar-refractivity contribution < 1.29 is 27.5 Å². The van der Waals surface area contributed by atoms with Gasteiger partial charge in [0.25, 0.3) is 0 Å². The Morgan fingerprint density at radius 1 is 1.12 bits per heavy atom. The molecule has 0 atom stereocenters. The van der Waals surface area contributed by atoms with Crippen LogP contribution in [-0.2, 0) is 28.9 Å². The van der Waals surface area contributed by atoms with Crippen LogP contribution in [0.3, 0.4) is 0 Å². The van der Waals surface area contributed by atoms with Gasteiger partial charge < -0.3 is 9.47 Å². The van der Waals surface area contributed by atoms with Gasteiger partial charge in [-0.1, -0.05) is 36.9 Å². The van der Waals surface area contributed by atoms with Crippen molar-refractivity contribution in [1.29, 1.82) is 0 Å². The molecule has 0 fully saturated rings. The van der Waals surface area contributed by atoms with E-state index >= 15 is 0 Å². The summed E-state index contributed by atoms with van der Waals surface area (Å²) in [6.45, 7) is 7.04. The molecule has 134 valence electrons. The predicted octanol–water partition coefficient (Wildman–Crippen LogP) is 2.44. The maximum atomic E-state index is 12.5. The number of allylic oxidation sites excluding steroid dienone is 2. The van der Waals surface area contributed by atoms with Crippen LogP contribution < -0.4 is 0 Å². The van der Waals surface area contributed by atoms with Crippen LogP contribution in [0.1, 0.15) is 6.42 Å². The number of hydrogen-bond donors (Lipinski definition) is 0. The summed E-state index contributed by atoms with van der Waals surface area (Å²) in [5.74, 6) is -1.78. The lowest BCUT2D eigenvalue weighted by molar-refractivity contribution is -0.164. The average molecular weight is 364 g/mol. The first-order chi connectivity index (χ1) is 11.8. The van der Waals surface area contributed by atoms with Gasteiger partial charge in [0.2, 0.25) is 9.84 Å². The van der Waals surface area contributed by atoms with Crippen molar-refractivity contribution in [3.05, 3.63) is 66.6 Å². The summed E-state index contributed by atoms with van der Waals surface area (Å²) in [4.78, 5) is 24.1. The van der Waals surface area contributed by atoms with Gasteiger partial charge in [-0.15, -0.1) is 6.58 Å². The molecule has 0 aromatic heterocycles. The van der Waals surface area contributed by atoms with Crippen LogP contribution in [0, 0.1) is 5.41 Å². The molecule has 0 amide bonds. The number of esters is 2. The van der Waals surface area contributed by atoms with Crippen LogP contribution in [0.25, 0.3) is 0 Å². The minimum Gasteiger partial charge on any atom is -0.468 e. The first-order valence-corrected chi connectivity index (χ1v) is 8.70. The summed E-state index contributed by atoms with van der Waals surface area (Å²) in [6.07, 6.45) is 3.43. The zero-order valence-corrected chi connectivity index (χ0v) is 14.9. The molecule has 7 heteroatoms. The lowest BCUT2D eigenvalue weighted by Gasteiger charge is -2.23. The minimum absolute atomic E-state index is 0.0510. The van der Waals surface area contributed by atoms with Gasteiger partial charge in [0.1, 0.15) is 0 Å². The summed E-state index contributed by atoms with van der Waals surface area (Å²) >= 11 is 0. The second-order valence-electron chi connectivity index (χ2n) is 5.06. The highest BCUT2D eigenvalue weighted by atomic mass is 32.2. The highest BCUT2D eigenvalue weighted by molar-refractivity contribution is 7.95. The van der Waals surface area contributed by atoms with E-state index < -0.39 is 27.2 Å². The Morgan fingerprint density at radius 2 is 1.64 bits per heavy atom. The molecule has 0 unspecified atom stereocenters. The topological polar surface area (TPSA) is 86.7 Å². The zero-order chi connectivity index (χ0) is 19.1. The van der Waals surface area contributed by atoms with Crippen molar-refractivity contribution in [3.8, 4) is 0 Å². The SMILES string of the molecule is C=CCC(/C=C/C(=C)S(=O)(=O)c1ccccc1)(C(=O)OC)C(=O)OC. The summed E-state index contributed by atoms with van der Waals surface area (Å²) < 4.78 is 34.3. The van der Waals surface area contributed by atoms with Gasteiger partial charge in [-0.05, 0) is 24.6 Å². The van der Waals surface area contributed by atoms with E-state index in [0.717, 1.165) is 26.4 Å². The van der Waals surface area contributed by atoms with Crippen LogP contribution in [0.15, 0.2) is 71.5 Å². The van der Waals surface area contributed by atoms with Gasteiger partial charge in [0.05, 0.1) is 24.0 Å². The molecule has 6 nitrogen and oxygen atoms in total. The van der Waals surface area contributed by atoms with E-state index in [-0.39, 0.29) is 16.2 Å². The molecule has 0 saturated heterocycles. The van der Waals surface area contributed by atoms with Gasteiger partial charge in [-0.25, -0.2) is 8.42 Å². The third-order valence-corrected chi connectivity index (χ3v) is 5.24. The Morgan fingerprint density at radius 3 is 2.08 bits per heavy atom. The smallest absolute Gasteiger partial charge is 0.327 e. The van der Waals surface area contributed by atoms with Crippen molar-refractivity contribution >= 4 is 21.8 Å². The molecule has 0 aliphatic heterocycles. The molecular weight excluding hydrogens is 344 g/mol. The normalized spacial score (nSPS) is 11.8. The fourth-order valence-electron chi connectivity index (χ4n) is 2.12.